The summed E-state index contributed by atoms with van der Waals surface area (Å²) >= 11 is 0. The predicted molar refractivity (Wildman–Crippen MR) is 433 cm³/mol. The van der Waals surface area contributed by atoms with Crippen LogP contribution in [-0.4, -0.2) is 176 Å². The Morgan fingerprint density at radius 1 is 0.372 bits per heavy atom. The van der Waals surface area contributed by atoms with Crippen LogP contribution < -0.4 is 35.6 Å². The molecule has 0 saturated carbocycles. The van der Waals surface area contributed by atoms with Crippen molar-refractivity contribution in [3.05, 3.63) is 249 Å². The van der Waals surface area contributed by atoms with E-state index in [1.54, 1.807) is 24.3 Å². The van der Waals surface area contributed by atoms with Crippen LogP contribution in [0.15, 0.2) is 182 Å². The number of imide groups is 4. The van der Waals surface area contributed by atoms with Gasteiger partial charge in [-0.05, 0) is 230 Å². The molecule has 6 atom stereocenters. The van der Waals surface area contributed by atoms with E-state index in [1.807, 2.05) is 36.4 Å². The number of amides is 8. The second-order valence-corrected chi connectivity index (χ2v) is 32.0. The molecule has 113 heavy (non-hydrogen) atoms. The monoisotopic (exact) mass is 1520 g/mol. The average Bonchev–Trinajstić information content (AvgIpc) is 1.71. The molecule has 2 unspecified atom stereocenters. The average molecular weight is 1520 g/mol. The number of hydrogen-bond acceptors (Lipinski definition) is 17. The number of carbonyl (C=O) groups excluding carboxylic acids is 9. The molecular weight excluding hydrogens is 1420 g/mol. The van der Waals surface area contributed by atoms with Crippen molar-refractivity contribution < 1.29 is 53.4 Å². The van der Waals surface area contributed by atoms with E-state index in [0.29, 0.717) is 63.8 Å². The molecule has 0 spiro atoms. The van der Waals surface area contributed by atoms with Gasteiger partial charge in [-0.3, -0.25) is 63.7 Å². The molecule has 8 aromatic rings. The van der Waals surface area contributed by atoms with E-state index >= 15 is 0 Å². The van der Waals surface area contributed by atoms with Gasteiger partial charge in [0.25, 0.3) is 23.6 Å². The van der Waals surface area contributed by atoms with Crippen LogP contribution in [0.2, 0.25) is 0 Å². The lowest BCUT2D eigenvalue weighted by molar-refractivity contribution is -0.137. The van der Waals surface area contributed by atoms with Crippen LogP contribution in [0.1, 0.15) is 187 Å². The zero-order valence-electron chi connectivity index (χ0n) is 63.8. The molecule has 0 aromatic heterocycles. The first kappa shape index (κ1) is 75.7. The van der Waals surface area contributed by atoms with E-state index in [9.17, 15) is 53.4 Å². The van der Waals surface area contributed by atoms with Crippen molar-refractivity contribution in [3.63, 3.8) is 0 Å². The highest BCUT2D eigenvalue weighted by Crippen LogP contribution is 2.50. The molecule has 582 valence electrons. The number of hydrogen-bond donors (Lipinski definition) is 5. The normalized spacial score (nSPS) is 22.8. The molecule has 21 nitrogen and oxygen atoms in total. The lowest BCUT2D eigenvalue weighted by atomic mass is 9.69. The number of anilines is 4. The highest BCUT2D eigenvalue weighted by molar-refractivity contribution is 6.25. The number of carbonyl (C=O) groups is 9. The van der Waals surface area contributed by atoms with Gasteiger partial charge >= 0.3 is 0 Å². The third-order valence-corrected chi connectivity index (χ3v) is 25.4. The number of nitrogens with zero attached hydrogens (tertiary/aromatic N) is 7. The molecule has 8 amide bonds. The van der Waals surface area contributed by atoms with Crippen LogP contribution in [-0.2, 0) is 36.8 Å². The van der Waals surface area contributed by atoms with Crippen molar-refractivity contribution in [2.45, 2.75) is 126 Å². The topological polar surface area (TPSA) is 253 Å². The molecule has 10 aliphatic rings. The molecule has 8 aromatic carbocycles. The first-order valence-electron chi connectivity index (χ1n) is 40.6. The summed E-state index contributed by atoms with van der Waals surface area (Å²) in [5.41, 5.74) is 16.3. The summed E-state index contributed by atoms with van der Waals surface area (Å²) in [5, 5.41) is 28.0. The number of piperidine rings is 4. The maximum atomic E-state index is 13.3. The molecular formula is C92H98N10O11. The number of aryl methyl sites for hydroxylation is 2. The molecule has 8 heterocycles. The van der Waals surface area contributed by atoms with E-state index < -0.39 is 47.5 Å². The van der Waals surface area contributed by atoms with Gasteiger partial charge in [-0.1, -0.05) is 97.1 Å². The number of benzene rings is 8. The van der Waals surface area contributed by atoms with Gasteiger partial charge in [0.1, 0.15) is 29.9 Å². The lowest BCUT2D eigenvalue weighted by Crippen LogP contribution is -2.54. The minimum atomic E-state index is -0.956. The van der Waals surface area contributed by atoms with Crippen molar-refractivity contribution in [1.82, 2.24) is 30.7 Å². The van der Waals surface area contributed by atoms with Crippen molar-refractivity contribution in [2.75, 3.05) is 105 Å². The summed E-state index contributed by atoms with van der Waals surface area (Å²) in [6.45, 7) is 12.2. The number of aldehydes is 1. The highest BCUT2D eigenvalue weighted by atomic mass is 16.3. The van der Waals surface area contributed by atoms with Gasteiger partial charge in [-0.25, -0.2) is 0 Å². The van der Waals surface area contributed by atoms with E-state index in [2.05, 4.69) is 162 Å². The Labute approximate surface area is 659 Å². The molecule has 5 N–H and O–H groups in total. The lowest BCUT2D eigenvalue weighted by Gasteiger charge is -2.38. The van der Waals surface area contributed by atoms with E-state index in [0.717, 1.165) is 151 Å². The van der Waals surface area contributed by atoms with Gasteiger partial charge in [0, 0.05) is 132 Å². The molecule has 6 fully saturated rings. The van der Waals surface area contributed by atoms with Crippen molar-refractivity contribution in [3.8, 4) is 11.5 Å². The molecule has 8 aliphatic heterocycles. The van der Waals surface area contributed by atoms with E-state index in [-0.39, 0.29) is 49.3 Å². The fraction of sp³-hybridized carbons (Fsp3) is 0.380. The number of piperazine rings is 2. The second-order valence-electron chi connectivity index (χ2n) is 32.0. The Bertz CT molecular complexity index is 4890. The predicted octanol–water partition coefficient (Wildman–Crippen LogP) is 11.6. The van der Waals surface area contributed by atoms with Gasteiger partial charge in [0.2, 0.25) is 23.6 Å². The minimum absolute atomic E-state index is 0.106. The van der Waals surface area contributed by atoms with Crippen molar-refractivity contribution in [1.29, 1.82) is 0 Å². The SMILES string of the molecule is O=C1CCC(N2C(=O)c3ccc(N4CCN(CCC5CCN(c6ccc([C@@H]7c8ccc(O)cc8CC[C@@H]7c7ccccc7)cc6)CC5)CC4)cc3C2=O)C(=O)N1.O=C1CCC(N2C(=O)c3ccc(N4CCNCC4)cc3C2=O)C(=O)N1.O=CCC1CCN(c2ccc([C@@H]3c4ccc(O)cc4CC[C@@H]3c3ccccc3)cc2)CC1. The summed E-state index contributed by atoms with van der Waals surface area (Å²) in [6.07, 6.45) is 12.2. The number of fused-ring (bicyclic) bond motifs is 4. The summed E-state index contributed by atoms with van der Waals surface area (Å²) < 4.78 is 0. The van der Waals surface area contributed by atoms with Gasteiger partial charge in [-0.15, -0.1) is 0 Å². The van der Waals surface area contributed by atoms with Gasteiger partial charge in [0.15, 0.2) is 0 Å². The molecule has 18 rings (SSSR count). The van der Waals surface area contributed by atoms with Crippen LogP contribution in [0.4, 0.5) is 22.7 Å². The number of phenols is 2. The quantitative estimate of drug-likeness (QED) is 0.0472. The maximum absolute atomic E-state index is 13.3. The summed E-state index contributed by atoms with van der Waals surface area (Å²) in [4.78, 5) is 124. The summed E-state index contributed by atoms with van der Waals surface area (Å²) in [5.74, 6) is -0.491. The fourth-order valence-electron chi connectivity index (χ4n) is 19.2. The fourth-order valence-corrected chi connectivity index (χ4v) is 19.2. The number of phenolic OH excluding ortho intramolecular Hbond substituents is 2. The molecule has 2 aliphatic carbocycles. The highest BCUT2D eigenvalue weighted by Gasteiger charge is 2.47. The zero-order chi connectivity index (χ0) is 77.8. The summed E-state index contributed by atoms with van der Waals surface area (Å²) in [7, 11) is 0. The number of rotatable bonds is 15. The third-order valence-electron chi connectivity index (χ3n) is 25.4. The van der Waals surface area contributed by atoms with Crippen LogP contribution >= 0.6 is 0 Å². The van der Waals surface area contributed by atoms with Gasteiger partial charge < -0.3 is 39.9 Å². The van der Waals surface area contributed by atoms with Gasteiger partial charge in [-0.2, -0.15) is 0 Å². The summed E-state index contributed by atoms with van der Waals surface area (Å²) in [6, 6.07) is 60.7. The third kappa shape index (κ3) is 16.1. The standard InChI is InChI=1S/C46H49N5O5.C29H31NO2.C17H18N4O4/c52-36-12-15-38-33(28-36)8-13-37(31-4-2-1-3-5-31)43(38)32-6-9-34(10-7-32)49-22-19-30(20-23-49)18-21-48-24-26-50(27-25-48)35-11-14-39-40(29-35)46(56)51(45(39)55)41-16-17-42(53)47-44(41)54;31-19-16-21-14-17-30(18-15-21)25-9-6-23(7-10-25)29-27(22-4-2-1-3-5-22)12-8-24-20-26(32)11-13-28(24)29;22-14-4-3-13(15(23)19-14)21-16(24)11-2-1-10(9-12(11)17(21)25)20-7-5-18-6-8-20/h1-7,9-12,14-15,28-30,37,41,43,52H,8,13,16-27H2,(H,47,53,54);1-7,9-11,13,19-21,27,29,32H,8,12,14-18H2;1-2,9,13,18H,3-8H2,(H,19,22,23)/t37-,41?,43+;27-,29+;/m11./s1. The van der Waals surface area contributed by atoms with E-state index in [4.69, 9.17) is 0 Å². The van der Waals surface area contributed by atoms with Gasteiger partial charge in [0.05, 0.1) is 22.3 Å². The Morgan fingerprint density at radius 2 is 0.779 bits per heavy atom. The van der Waals surface area contributed by atoms with Crippen LogP contribution in [0.5, 0.6) is 11.5 Å². The zero-order valence-corrected chi connectivity index (χ0v) is 63.8. The Hall–Kier alpha value is -11.3. The van der Waals surface area contributed by atoms with Crippen molar-refractivity contribution >= 4 is 76.3 Å². The number of aromatic hydroxyl groups is 2. The first-order chi connectivity index (χ1) is 55.1. The van der Waals surface area contributed by atoms with E-state index in [1.165, 1.54) is 75.1 Å². The molecule has 0 radical (unpaired) electrons. The minimum Gasteiger partial charge on any atom is -0.508 e. The number of nitrogens with one attached hydrogen (secondary N) is 3. The second kappa shape index (κ2) is 33.6. The molecule has 21 heteroatoms. The smallest absolute Gasteiger partial charge is 0.262 e. The van der Waals surface area contributed by atoms with Crippen molar-refractivity contribution in [2.24, 2.45) is 11.8 Å². The molecule has 6 saturated heterocycles. The Morgan fingerprint density at radius 3 is 1.21 bits per heavy atom. The van der Waals surface area contributed by atoms with Crippen LogP contribution in [0.3, 0.4) is 0 Å². The van der Waals surface area contributed by atoms with Crippen LogP contribution in [0.25, 0.3) is 0 Å². The maximum Gasteiger partial charge on any atom is 0.262 e. The Kier molecular flexibility index (Phi) is 22.5. The van der Waals surface area contributed by atoms with Crippen LogP contribution in [0, 0.1) is 11.8 Å². The molecule has 0 bridgehead atoms. The largest absolute Gasteiger partial charge is 0.508 e. The Balaban J connectivity index is 0.000000142. The first-order valence-corrected chi connectivity index (χ1v) is 40.6.